The minimum Gasteiger partial charge on any atom is -0.367 e. The smallest absolute Gasteiger partial charge is 0.248 e. The molecule has 0 aromatic carbocycles. The van der Waals surface area contributed by atoms with Crippen molar-refractivity contribution in [3.05, 3.63) is 6.07 Å². The highest BCUT2D eigenvalue weighted by Gasteiger charge is 2.35. The van der Waals surface area contributed by atoms with Crippen LogP contribution in [0.15, 0.2) is 6.07 Å². The summed E-state index contributed by atoms with van der Waals surface area (Å²) in [6, 6.07) is 1.30. The summed E-state index contributed by atoms with van der Waals surface area (Å²) >= 11 is 0. The molecule has 1 aromatic rings. The lowest BCUT2D eigenvalue weighted by molar-refractivity contribution is -0.123. The topological polar surface area (TPSA) is 103 Å². The Hall–Kier alpha value is -2.23. The summed E-state index contributed by atoms with van der Waals surface area (Å²) < 4.78 is 26.6. The first kappa shape index (κ1) is 18.6. The number of aromatic nitrogens is 2. The zero-order valence-corrected chi connectivity index (χ0v) is 14.7. The molecule has 5 N–H and O–H groups in total. The lowest BCUT2D eigenvalue weighted by Gasteiger charge is -2.29. The summed E-state index contributed by atoms with van der Waals surface area (Å²) in [7, 11) is 1.69. The Kier molecular flexibility index (Phi) is 5.70. The maximum Gasteiger partial charge on any atom is 0.248 e. The molecule has 1 aliphatic heterocycles. The van der Waals surface area contributed by atoms with Crippen molar-refractivity contribution in [2.75, 3.05) is 29.7 Å². The van der Waals surface area contributed by atoms with Crippen LogP contribution in [0.2, 0.25) is 0 Å². The predicted molar refractivity (Wildman–Crippen MR) is 95.2 cm³/mol. The van der Waals surface area contributed by atoms with Gasteiger partial charge in [0.15, 0.2) is 0 Å². The number of rotatable bonds is 6. The number of halogens is 2. The third-order valence-corrected chi connectivity index (χ3v) is 4.64. The van der Waals surface area contributed by atoms with Crippen molar-refractivity contribution in [3.63, 3.8) is 0 Å². The van der Waals surface area contributed by atoms with Crippen LogP contribution in [0.25, 0.3) is 0 Å². The van der Waals surface area contributed by atoms with Crippen LogP contribution in [0.1, 0.15) is 38.5 Å². The standard InChI is InChI=1S/C16H25F2N7O/c1-19-25-15-23-12(21-10-4-6-16(17,18)7-5-10)9-13(24-15)22-11-3-2-8-20-14(11)26/h9-11,19H,2-8H2,1H3,(H,20,26)(H3,21,22,23,24,25). The number of hydrogen-bond donors (Lipinski definition) is 5. The molecule has 2 heterocycles. The quantitative estimate of drug-likeness (QED) is 0.486. The van der Waals surface area contributed by atoms with E-state index >= 15 is 0 Å². The van der Waals surface area contributed by atoms with Gasteiger partial charge in [-0.3, -0.25) is 10.2 Å². The van der Waals surface area contributed by atoms with Crippen LogP contribution in [0.5, 0.6) is 0 Å². The third kappa shape index (κ3) is 4.90. The molecular weight excluding hydrogens is 344 g/mol. The van der Waals surface area contributed by atoms with E-state index in [9.17, 15) is 13.6 Å². The molecule has 1 saturated carbocycles. The summed E-state index contributed by atoms with van der Waals surface area (Å²) in [6.45, 7) is 0.687. The Morgan fingerprint density at radius 1 is 1.15 bits per heavy atom. The zero-order chi connectivity index (χ0) is 18.6. The fourth-order valence-corrected chi connectivity index (χ4v) is 3.24. The molecular formula is C16H25F2N7O. The highest BCUT2D eigenvalue weighted by atomic mass is 19.3. The molecule has 1 aromatic heterocycles. The van der Waals surface area contributed by atoms with Crippen LogP contribution >= 0.6 is 0 Å². The first-order chi connectivity index (χ1) is 12.4. The molecule has 1 aliphatic carbocycles. The molecule has 10 heteroatoms. The van der Waals surface area contributed by atoms with E-state index in [0.29, 0.717) is 37.0 Å². The molecule has 144 valence electrons. The summed E-state index contributed by atoms with van der Waals surface area (Å²) in [5.41, 5.74) is 5.57. The van der Waals surface area contributed by atoms with Gasteiger partial charge in [-0.1, -0.05) is 0 Å². The number of hydrazine groups is 1. The molecule has 1 saturated heterocycles. The normalized spacial score (nSPS) is 23.2. The monoisotopic (exact) mass is 369 g/mol. The van der Waals surface area contributed by atoms with Gasteiger partial charge in [0.2, 0.25) is 17.8 Å². The van der Waals surface area contributed by atoms with E-state index in [1.807, 2.05) is 0 Å². The summed E-state index contributed by atoms with van der Waals surface area (Å²) in [6.07, 6.45) is 2.16. The van der Waals surface area contributed by atoms with Gasteiger partial charge in [-0.15, -0.1) is 0 Å². The lowest BCUT2D eigenvalue weighted by Crippen LogP contribution is -2.44. The van der Waals surface area contributed by atoms with Crippen molar-refractivity contribution < 1.29 is 13.6 Å². The molecule has 1 amide bonds. The Morgan fingerprint density at radius 3 is 2.50 bits per heavy atom. The third-order valence-electron chi connectivity index (χ3n) is 4.64. The van der Waals surface area contributed by atoms with E-state index in [1.54, 1.807) is 13.1 Å². The first-order valence-corrected chi connectivity index (χ1v) is 8.96. The van der Waals surface area contributed by atoms with Gasteiger partial charge in [-0.05, 0) is 25.7 Å². The number of piperidine rings is 1. The fourth-order valence-electron chi connectivity index (χ4n) is 3.24. The van der Waals surface area contributed by atoms with Crippen molar-refractivity contribution >= 4 is 23.5 Å². The Morgan fingerprint density at radius 2 is 1.85 bits per heavy atom. The van der Waals surface area contributed by atoms with Crippen molar-refractivity contribution in [3.8, 4) is 0 Å². The molecule has 0 spiro atoms. The van der Waals surface area contributed by atoms with Gasteiger partial charge in [-0.2, -0.15) is 9.97 Å². The second-order valence-corrected chi connectivity index (χ2v) is 6.74. The van der Waals surface area contributed by atoms with Crippen LogP contribution in [-0.2, 0) is 4.79 Å². The minimum absolute atomic E-state index is 0.0537. The Labute approximate surface area is 150 Å². The minimum atomic E-state index is -2.57. The number of carbonyl (C=O) groups excluding carboxylic acids is 1. The highest BCUT2D eigenvalue weighted by molar-refractivity contribution is 5.85. The number of nitrogens with zero attached hydrogens (tertiary/aromatic N) is 2. The van der Waals surface area contributed by atoms with E-state index in [-0.39, 0.29) is 30.8 Å². The molecule has 8 nitrogen and oxygen atoms in total. The number of anilines is 3. The number of alkyl halides is 2. The second kappa shape index (κ2) is 7.98. The summed E-state index contributed by atoms with van der Waals surface area (Å²) in [5, 5.41) is 9.16. The van der Waals surface area contributed by atoms with Gasteiger partial charge in [0, 0.05) is 38.5 Å². The van der Waals surface area contributed by atoms with Crippen molar-refractivity contribution in [1.29, 1.82) is 0 Å². The molecule has 0 bridgehead atoms. The van der Waals surface area contributed by atoms with Crippen molar-refractivity contribution in [2.24, 2.45) is 0 Å². The Balaban J connectivity index is 1.70. The van der Waals surface area contributed by atoms with E-state index in [4.69, 9.17) is 0 Å². The Bertz CT molecular complexity index is 633. The van der Waals surface area contributed by atoms with Crippen LogP contribution < -0.4 is 26.8 Å². The van der Waals surface area contributed by atoms with Crippen molar-refractivity contribution in [2.45, 2.75) is 56.5 Å². The molecule has 1 atom stereocenters. The molecule has 1 unspecified atom stereocenters. The summed E-state index contributed by atoms with van der Waals surface area (Å²) in [5.74, 6) is -1.25. The van der Waals surface area contributed by atoms with Crippen LogP contribution in [0.4, 0.5) is 26.4 Å². The molecule has 0 radical (unpaired) electrons. The summed E-state index contributed by atoms with van der Waals surface area (Å²) in [4.78, 5) is 20.6. The average Bonchev–Trinajstić information content (AvgIpc) is 2.59. The van der Waals surface area contributed by atoms with Gasteiger partial charge >= 0.3 is 0 Å². The maximum atomic E-state index is 13.3. The average molecular weight is 369 g/mol. The largest absolute Gasteiger partial charge is 0.367 e. The lowest BCUT2D eigenvalue weighted by atomic mass is 9.92. The van der Waals surface area contributed by atoms with E-state index in [0.717, 1.165) is 12.8 Å². The van der Waals surface area contributed by atoms with Crippen LogP contribution in [0, 0.1) is 0 Å². The molecule has 2 fully saturated rings. The van der Waals surface area contributed by atoms with Crippen LogP contribution in [0.3, 0.4) is 0 Å². The van der Waals surface area contributed by atoms with E-state index in [2.05, 4.69) is 36.8 Å². The second-order valence-electron chi connectivity index (χ2n) is 6.74. The fraction of sp³-hybridized carbons (Fsp3) is 0.688. The predicted octanol–water partition coefficient (Wildman–Crippen LogP) is 1.70. The van der Waals surface area contributed by atoms with Gasteiger partial charge in [0.25, 0.3) is 0 Å². The van der Waals surface area contributed by atoms with Gasteiger partial charge in [0.05, 0.1) is 0 Å². The van der Waals surface area contributed by atoms with Gasteiger partial charge in [-0.25, -0.2) is 14.2 Å². The molecule has 3 rings (SSSR count). The zero-order valence-electron chi connectivity index (χ0n) is 14.7. The number of hydrogen-bond acceptors (Lipinski definition) is 7. The number of nitrogens with one attached hydrogen (secondary N) is 5. The number of amides is 1. The van der Waals surface area contributed by atoms with E-state index < -0.39 is 5.92 Å². The van der Waals surface area contributed by atoms with Gasteiger partial charge < -0.3 is 16.0 Å². The van der Waals surface area contributed by atoms with Crippen molar-refractivity contribution in [1.82, 2.24) is 20.7 Å². The maximum absolute atomic E-state index is 13.3. The SMILES string of the molecule is CNNc1nc(NC2CCC(F)(F)CC2)cc(NC2CCCNC2=O)n1. The number of carbonyl (C=O) groups is 1. The highest BCUT2D eigenvalue weighted by Crippen LogP contribution is 2.34. The van der Waals surface area contributed by atoms with Gasteiger partial charge in [0.1, 0.15) is 17.7 Å². The van der Waals surface area contributed by atoms with Crippen LogP contribution in [-0.4, -0.2) is 47.5 Å². The van der Waals surface area contributed by atoms with E-state index in [1.165, 1.54) is 0 Å². The first-order valence-electron chi connectivity index (χ1n) is 8.96. The molecule has 2 aliphatic rings. The molecule has 26 heavy (non-hydrogen) atoms.